The fraction of sp³-hybridized carbons (Fsp3) is 0.440. The Morgan fingerprint density at radius 3 is 2.41 bits per heavy atom. The van der Waals surface area contributed by atoms with E-state index in [2.05, 4.69) is 4.90 Å². The standard InChI is InChI=1S/C25H28FN3O3/c26-20-7-4-8-21(17-20)29-23(19-5-2-1-3-6-19)25(24(29)31)9-11-28(12-10-25)22(30)18-27-13-15-32-16-14-27/h1-8,17,23H,9-16,18H2. The van der Waals surface area contributed by atoms with E-state index < -0.39 is 5.41 Å². The zero-order valence-electron chi connectivity index (χ0n) is 18.1. The van der Waals surface area contributed by atoms with Crippen LogP contribution in [0.1, 0.15) is 24.4 Å². The van der Waals surface area contributed by atoms with Crippen molar-refractivity contribution in [2.75, 3.05) is 50.8 Å². The number of hydrogen-bond donors (Lipinski definition) is 0. The summed E-state index contributed by atoms with van der Waals surface area (Å²) < 4.78 is 19.3. The van der Waals surface area contributed by atoms with Crippen molar-refractivity contribution in [1.82, 2.24) is 9.80 Å². The molecule has 0 aromatic heterocycles. The predicted octanol–water partition coefficient (Wildman–Crippen LogP) is 2.85. The molecule has 3 aliphatic heterocycles. The van der Waals surface area contributed by atoms with Gasteiger partial charge < -0.3 is 14.5 Å². The molecule has 0 saturated carbocycles. The second-order valence-corrected chi connectivity index (χ2v) is 8.89. The lowest BCUT2D eigenvalue weighted by molar-refractivity contribution is -0.149. The summed E-state index contributed by atoms with van der Waals surface area (Å²) in [5.41, 5.74) is 1.08. The molecule has 1 atom stereocenters. The Bertz CT molecular complexity index is 985. The van der Waals surface area contributed by atoms with Crippen LogP contribution < -0.4 is 4.90 Å². The van der Waals surface area contributed by atoms with Gasteiger partial charge in [0.05, 0.1) is 31.2 Å². The zero-order valence-corrected chi connectivity index (χ0v) is 18.1. The van der Waals surface area contributed by atoms with Gasteiger partial charge in [0.1, 0.15) is 5.82 Å². The van der Waals surface area contributed by atoms with Crippen LogP contribution in [0.3, 0.4) is 0 Å². The van der Waals surface area contributed by atoms with E-state index in [-0.39, 0.29) is 23.7 Å². The van der Waals surface area contributed by atoms with Gasteiger partial charge in [-0.05, 0) is 36.6 Å². The van der Waals surface area contributed by atoms with E-state index in [4.69, 9.17) is 4.74 Å². The van der Waals surface area contributed by atoms with Crippen molar-refractivity contribution in [3.63, 3.8) is 0 Å². The molecule has 1 spiro atoms. The molecule has 1 unspecified atom stereocenters. The number of carbonyl (C=O) groups excluding carboxylic acids is 2. The van der Waals surface area contributed by atoms with Gasteiger partial charge >= 0.3 is 0 Å². The number of piperidine rings is 1. The van der Waals surface area contributed by atoms with E-state index in [1.165, 1.54) is 12.1 Å². The van der Waals surface area contributed by atoms with Gasteiger partial charge in [0.2, 0.25) is 11.8 Å². The molecule has 6 nitrogen and oxygen atoms in total. The highest BCUT2D eigenvalue weighted by atomic mass is 19.1. The van der Waals surface area contributed by atoms with Gasteiger partial charge in [0.15, 0.2) is 0 Å². The van der Waals surface area contributed by atoms with Crippen molar-refractivity contribution in [2.24, 2.45) is 5.41 Å². The largest absolute Gasteiger partial charge is 0.379 e. The van der Waals surface area contributed by atoms with Crippen LogP contribution in [-0.2, 0) is 14.3 Å². The molecule has 2 amide bonds. The fourth-order valence-corrected chi connectivity index (χ4v) is 5.34. The molecular formula is C25H28FN3O3. The van der Waals surface area contributed by atoms with E-state index in [9.17, 15) is 14.0 Å². The van der Waals surface area contributed by atoms with Crippen LogP contribution in [0.15, 0.2) is 54.6 Å². The molecule has 5 rings (SSSR count). The topological polar surface area (TPSA) is 53.1 Å². The van der Waals surface area contributed by atoms with Crippen molar-refractivity contribution in [1.29, 1.82) is 0 Å². The molecule has 0 aliphatic carbocycles. The van der Waals surface area contributed by atoms with Crippen molar-refractivity contribution in [3.05, 3.63) is 66.0 Å². The molecule has 2 aromatic rings. The van der Waals surface area contributed by atoms with Gasteiger partial charge in [-0.2, -0.15) is 0 Å². The van der Waals surface area contributed by atoms with Gasteiger partial charge in [-0.3, -0.25) is 14.5 Å². The number of β-lactam (4-membered cyclic amide) rings is 1. The Morgan fingerprint density at radius 1 is 1.00 bits per heavy atom. The predicted molar refractivity (Wildman–Crippen MR) is 119 cm³/mol. The van der Waals surface area contributed by atoms with Gasteiger partial charge in [-0.1, -0.05) is 36.4 Å². The van der Waals surface area contributed by atoms with E-state index >= 15 is 0 Å². The summed E-state index contributed by atoms with van der Waals surface area (Å²) >= 11 is 0. The molecule has 3 fully saturated rings. The lowest BCUT2D eigenvalue weighted by atomic mass is 9.62. The first-order valence-electron chi connectivity index (χ1n) is 11.3. The van der Waals surface area contributed by atoms with Crippen LogP contribution in [0.5, 0.6) is 0 Å². The van der Waals surface area contributed by atoms with Gasteiger partial charge in [0, 0.05) is 31.9 Å². The number of benzene rings is 2. The number of likely N-dealkylation sites (tertiary alicyclic amines) is 1. The molecule has 3 aliphatic rings. The third-order valence-corrected chi connectivity index (χ3v) is 7.10. The minimum atomic E-state index is -0.552. The average Bonchev–Trinajstić information content (AvgIpc) is 2.83. The van der Waals surface area contributed by atoms with Crippen LogP contribution in [0.2, 0.25) is 0 Å². The lowest BCUT2D eigenvalue weighted by Gasteiger charge is -2.59. The Balaban J connectivity index is 1.34. The molecule has 0 radical (unpaired) electrons. The van der Waals surface area contributed by atoms with E-state index in [0.717, 1.165) is 18.7 Å². The maximum absolute atomic E-state index is 13.9. The molecule has 3 saturated heterocycles. The third kappa shape index (κ3) is 3.69. The smallest absolute Gasteiger partial charge is 0.236 e. The monoisotopic (exact) mass is 437 g/mol. The van der Waals surface area contributed by atoms with Crippen LogP contribution in [-0.4, -0.2) is 67.6 Å². The van der Waals surface area contributed by atoms with E-state index in [1.54, 1.807) is 17.0 Å². The minimum Gasteiger partial charge on any atom is -0.379 e. The summed E-state index contributed by atoms with van der Waals surface area (Å²) in [6.07, 6.45) is 1.23. The Hall–Kier alpha value is -2.77. The van der Waals surface area contributed by atoms with Crippen LogP contribution in [0.25, 0.3) is 0 Å². The number of hydrogen-bond acceptors (Lipinski definition) is 4. The van der Waals surface area contributed by atoms with Crippen molar-refractivity contribution >= 4 is 17.5 Å². The normalized spacial score (nSPS) is 23.3. The zero-order chi connectivity index (χ0) is 22.1. The maximum Gasteiger partial charge on any atom is 0.236 e. The molecule has 0 bridgehead atoms. The van der Waals surface area contributed by atoms with Crippen LogP contribution in [0.4, 0.5) is 10.1 Å². The Morgan fingerprint density at radius 2 is 1.72 bits per heavy atom. The highest BCUT2D eigenvalue weighted by Gasteiger charge is 2.62. The van der Waals surface area contributed by atoms with Gasteiger partial charge in [0.25, 0.3) is 0 Å². The molecule has 168 valence electrons. The molecule has 7 heteroatoms. The van der Waals surface area contributed by atoms with Crippen LogP contribution >= 0.6 is 0 Å². The summed E-state index contributed by atoms with van der Waals surface area (Å²) in [6, 6.07) is 16.0. The number of anilines is 1. The minimum absolute atomic E-state index is 0.0252. The SMILES string of the molecule is O=C(CN1CCOCC1)N1CCC2(CC1)C(=O)N(c1cccc(F)c1)C2c1ccccc1. The first-order chi connectivity index (χ1) is 15.6. The van der Waals surface area contributed by atoms with Crippen molar-refractivity contribution < 1.29 is 18.7 Å². The van der Waals surface area contributed by atoms with Crippen molar-refractivity contribution in [2.45, 2.75) is 18.9 Å². The number of ether oxygens (including phenoxy) is 1. The number of morpholine rings is 1. The first kappa shape index (κ1) is 21.1. The number of halogens is 1. The highest BCUT2D eigenvalue weighted by Crippen LogP contribution is 2.57. The summed E-state index contributed by atoms with van der Waals surface area (Å²) in [5, 5.41) is 0. The number of carbonyl (C=O) groups is 2. The highest BCUT2D eigenvalue weighted by molar-refractivity contribution is 6.06. The fourth-order valence-electron chi connectivity index (χ4n) is 5.34. The van der Waals surface area contributed by atoms with Crippen LogP contribution in [0, 0.1) is 11.2 Å². The van der Waals surface area contributed by atoms with Gasteiger partial charge in [-0.25, -0.2) is 4.39 Å². The second-order valence-electron chi connectivity index (χ2n) is 8.89. The Kier molecular flexibility index (Phi) is 5.69. The molecule has 0 N–H and O–H groups in total. The second kappa shape index (κ2) is 8.64. The first-order valence-corrected chi connectivity index (χ1v) is 11.3. The summed E-state index contributed by atoms with van der Waals surface area (Å²) in [4.78, 5) is 32.1. The van der Waals surface area contributed by atoms with E-state index in [1.807, 2.05) is 35.2 Å². The summed E-state index contributed by atoms with van der Waals surface area (Å²) in [5.74, 6) is -0.212. The van der Waals surface area contributed by atoms with Gasteiger partial charge in [-0.15, -0.1) is 0 Å². The number of amides is 2. The average molecular weight is 438 g/mol. The summed E-state index contributed by atoms with van der Waals surface area (Å²) in [6.45, 7) is 4.42. The quantitative estimate of drug-likeness (QED) is 0.691. The molecular weight excluding hydrogens is 409 g/mol. The van der Waals surface area contributed by atoms with Crippen molar-refractivity contribution in [3.8, 4) is 0 Å². The molecule has 2 aromatic carbocycles. The molecule has 3 heterocycles. The Labute approximate surface area is 187 Å². The summed E-state index contributed by atoms with van der Waals surface area (Å²) in [7, 11) is 0. The lowest BCUT2D eigenvalue weighted by Crippen LogP contribution is -2.67. The molecule has 32 heavy (non-hydrogen) atoms. The maximum atomic E-state index is 13.9. The number of nitrogens with zero attached hydrogens (tertiary/aromatic N) is 3. The number of rotatable bonds is 4. The third-order valence-electron chi connectivity index (χ3n) is 7.10. The van der Waals surface area contributed by atoms with E-state index in [0.29, 0.717) is 51.4 Å².